The van der Waals surface area contributed by atoms with Gasteiger partial charge in [-0.15, -0.1) is 24.8 Å². The second-order valence-electron chi connectivity index (χ2n) is 8.34. The van der Waals surface area contributed by atoms with E-state index in [0.29, 0.717) is 19.2 Å². The van der Waals surface area contributed by atoms with Crippen LogP contribution in [0.25, 0.3) is 0 Å². The highest BCUT2D eigenvalue weighted by Gasteiger charge is 2.56. The predicted molar refractivity (Wildman–Crippen MR) is 119 cm³/mol. The lowest BCUT2D eigenvalue weighted by Gasteiger charge is -2.57. The lowest BCUT2D eigenvalue weighted by atomic mass is 9.58. The van der Waals surface area contributed by atoms with Gasteiger partial charge in [0.25, 0.3) is 0 Å². The molecule has 2 atom stereocenters. The Kier molecular flexibility index (Phi) is 9.01. The molecule has 1 spiro atoms. The van der Waals surface area contributed by atoms with Crippen LogP contribution in [0.3, 0.4) is 0 Å². The molecule has 0 unspecified atom stereocenters. The van der Waals surface area contributed by atoms with Crippen LogP contribution in [0.5, 0.6) is 0 Å². The Morgan fingerprint density at radius 3 is 2.34 bits per heavy atom. The number of nitrogens with two attached hydrogens (primary N) is 1. The number of hydrogen-bond acceptors (Lipinski definition) is 5. The van der Waals surface area contributed by atoms with Crippen molar-refractivity contribution in [1.82, 2.24) is 4.90 Å². The molecule has 3 fully saturated rings. The van der Waals surface area contributed by atoms with E-state index >= 15 is 0 Å². The summed E-state index contributed by atoms with van der Waals surface area (Å²) in [7, 11) is 0. The average Bonchev–Trinajstić information content (AvgIpc) is 2.72. The van der Waals surface area contributed by atoms with Gasteiger partial charge in [0.1, 0.15) is 5.82 Å². The van der Waals surface area contributed by atoms with E-state index in [1.165, 1.54) is 0 Å². The van der Waals surface area contributed by atoms with E-state index in [9.17, 15) is 9.50 Å². The molecule has 1 aromatic carbocycles. The number of likely N-dealkylation sites (tertiary alicyclic amines) is 1. The second-order valence-corrected chi connectivity index (χ2v) is 8.34. The fraction of sp³-hybridized carbons (Fsp3) is 0.714. The van der Waals surface area contributed by atoms with Gasteiger partial charge < -0.3 is 25.4 Å². The third-order valence-electron chi connectivity index (χ3n) is 7.08. The lowest BCUT2D eigenvalue weighted by molar-refractivity contribution is -0.212. The van der Waals surface area contributed by atoms with Crippen molar-refractivity contribution in [3.8, 4) is 0 Å². The molecule has 3 aliphatic rings. The summed E-state index contributed by atoms with van der Waals surface area (Å²) < 4.78 is 19.9. The largest absolute Gasteiger partial charge is 0.392 e. The summed E-state index contributed by atoms with van der Waals surface area (Å²) >= 11 is 0. The fourth-order valence-electron chi connectivity index (χ4n) is 5.31. The summed E-state index contributed by atoms with van der Waals surface area (Å²) in [5, 5.41) is 10.4. The number of hydrogen-bond donors (Lipinski definition) is 2. The first kappa shape index (κ1) is 24.6. The van der Waals surface area contributed by atoms with Gasteiger partial charge in [-0.1, -0.05) is 12.1 Å². The number of halogens is 3. The molecule has 4 rings (SSSR count). The van der Waals surface area contributed by atoms with Gasteiger partial charge in [-0.2, -0.15) is 0 Å². The van der Waals surface area contributed by atoms with Crippen molar-refractivity contribution in [2.75, 3.05) is 44.2 Å². The monoisotopic (exact) mass is 449 g/mol. The summed E-state index contributed by atoms with van der Waals surface area (Å²) in [6.07, 6.45) is 4.81. The Morgan fingerprint density at radius 1 is 1.10 bits per heavy atom. The van der Waals surface area contributed by atoms with Crippen LogP contribution in [-0.4, -0.2) is 67.6 Å². The van der Waals surface area contributed by atoms with Crippen LogP contribution in [-0.2, 0) is 4.74 Å². The number of anilines is 1. The Morgan fingerprint density at radius 2 is 1.76 bits per heavy atom. The molecule has 29 heavy (non-hydrogen) atoms. The van der Waals surface area contributed by atoms with Gasteiger partial charge in [0.15, 0.2) is 0 Å². The van der Waals surface area contributed by atoms with E-state index in [1.807, 2.05) is 12.1 Å². The maximum atomic E-state index is 14.0. The fourth-order valence-corrected chi connectivity index (χ4v) is 5.31. The van der Waals surface area contributed by atoms with E-state index in [4.69, 9.17) is 10.5 Å². The number of piperidine rings is 2. The van der Waals surface area contributed by atoms with Crippen molar-refractivity contribution >= 4 is 30.5 Å². The molecule has 0 amide bonds. The standard InChI is InChI=1S/C21H32FN3O2.2ClH/c22-17-3-1-2-4-18(17)25-10-5-16(6-11-25)24-12-7-21(8-13-24)19(26)15-20(21)27-14-9-23;;/h1-4,16,19-20,26H,5-15,23H2;2*1H/t19-,20+;;/m1../s1. The molecule has 0 radical (unpaired) electrons. The van der Waals surface area contributed by atoms with Gasteiger partial charge in [-0.3, -0.25) is 0 Å². The van der Waals surface area contributed by atoms with Gasteiger partial charge in [0.2, 0.25) is 0 Å². The van der Waals surface area contributed by atoms with E-state index in [0.717, 1.165) is 64.0 Å². The maximum Gasteiger partial charge on any atom is 0.146 e. The molecule has 2 heterocycles. The van der Waals surface area contributed by atoms with Crippen molar-refractivity contribution in [2.45, 2.75) is 50.4 Å². The minimum Gasteiger partial charge on any atom is -0.392 e. The van der Waals surface area contributed by atoms with Gasteiger partial charge in [0.05, 0.1) is 24.5 Å². The van der Waals surface area contributed by atoms with Crippen LogP contribution >= 0.6 is 24.8 Å². The number of aliphatic hydroxyl groups is 1. The number of rotatable bonds is 5. The van der Waals surface area contributed by atoms with Crippen LogP contribution in [0.15, 0.2) is 24.3 Å². The summed E-state index contributed by atoms with van der Waals surface area (Å²) in [6.45, 7) is 4.96. The SMILES string of the molecule is Cl.Cl.NCCO[C@H]1C[C@@H](O)C12CCN(C1CCN(c3ccccc3F)CC1)CC2. The second kappa shape index (κ2) is 10.6. The third kappa shape index (κ3) is 4.83. The smallest absolute Gasteiger partial charge is 0.146 e. The molecule has 1 aromatic rings. The summed E-state index contributed by atoms with van der Waals surface area (Å²) in [4.78, 5) is 4.75. The first-order chi connectivity index (χ1) is 13.1. The maximum absolute atomic E-state index is 14.0. The molecule has 2 saturated heterocycles. The van der Waals surface area contributed by atoms with Crippen molar-refractivity contribution in [3.05, 3.63) is 30.1 Å². The minimum absolute atomic E-state index is 0. The Bertz CT molecular complexity index is 638. The summed E-state index contributed by atoms with van der Waals surface area (Å²) in [5.41, 5.74) is 6.24. The van der Waals surface area contributed by atoms with Crippen molar-refractivity contribution in [2.24, 2.45) is 11.1 Å². The summed E-state index contributed by atoms with van der Waals surface area (Å²) in [6, 6.07) is 7.63. The zero-order valence-electron chi connectivity index (χ0n) is 16.8. The highest BCUT2D eigenvalue weighted by molar-refractivity contribution is 5.85. The Hall–Kier alpha value is -0.630. The molecule has 1 saturated carbocycles. The quantitative estimate of drug-likeness (QED) is 0.723. The third-order valence-corrected chi connectivity index (χ3v) is 7.08. The molecule has 1 aliphatic carbocycles. The minimum atomic E-state index is -0.231. The van der Waals surface area contributed by atoms with Crippen LogP contribution < -0.4 is 10.6 Å². The van der Waals surface area contributed by atoms with E-state index < -0.39 is 0 Å². The topological polar surface area (TPSA) is 62.0 Å². The van der Waals surface area contributed by atoms with E-state index in [1.54, 1.807) is 12.1 Å². The zero-order valence-corrected chi connectivity index (χ0v) is 18.5. The molecule has 0 bridgehead atoms. The van der Waals surface area contributed by atoms with Gasteiger partial charge in [-0.05, 0) is 50.9 Å². The van der Waals surface area contributed by atoms with Crippen molar-refractivity contribution in [3.63, 3.8) is 0 Å². The average molecular weight is 450 g/mol. The first-order valence-electron chi connectivity index (χ1n) is 10.4. The molecule has 0 aromatic heterocycles. The molecule has 3 N–H and O–H groups in total. The van der Waals surface area contributed by atoms with Gasteiger partial charge in [0, 0.05) is 37.5 Å². The predicted octanol–water partition coefficient (Wildman–Crippen LogP) is 2.83. The summed E-state index contributed by atoms with van der Waals surface area (Å²) in [5.74, 6) is -0.127. The molecule has 5 nitrogen and oxygen atoms in total. The van der Waals surface area contributed by atoms with Crippen LogP contribution in [0.2, 0.25) is 0 Å². The molecule has 8 heteroatoms. The highest BCUT2D eigenvalue weighted by atomic mass is 35.5. The molecule has 2 aliphatic heterocycles. The number of aliphatic hydroxyl groups excluding tert-OH is 1. The number of benzene rings is 1. The van der Waals surface area contributed by atoms with Gasteiger partial charge >= 0.3 is 0 Å². The molecule has 166 valence electrons. The van der Waals surface area contributed by atoms with E-state index in [2.05, 4.69) is 9.80 Å². The number of nitrogens with zero attached hydrogens (tertiary/aromatic N) is 2. The van der Waals surface area contributed by atoms with Gasteiger partial charge in [-0.25, -0.2) is 4.39 Å². The normalized spacial score (nSPS) is 27.1. The lowest BCUT2D eigenvalue weighted by Crippen LogP contribution is -2.63. The molecular formula is C21H34Cl2FN3O2. The Labute approximate surface area is 185 Å². The first-order valence-corrected chi connectivity index (χ1v) is 10.4. The van der Waals surface area contributed by atoms with Crippen LogP contribution in [0.1, 0.15) is 32.1 Å². The van der Waals surface area contributed by atoms with Crippen molar-refractivity contribution < 1.29 is 14.2 Å². The highest BCUT2D eigenvalue weighted by Crippen LogP contribution is 2.51. The number of ether oxygens (including phenoxy) is 1. The number of para-hydroxylation sites is 1. The van der Waals surface area contributed by atoms with E-state index in [-0.39, 0.29) is 48.3 Å². The zero-order chi connectivity index (χ0) is 18.9. The Balaban J connectivity index is 0.00000150. The van der Waals surface area contributed by atoms with Crippen LogP contribution in [0.4, 0.5) is 10.1 Å². The van der Waals surface area contributed by atoms with Crippen molar-refractivity contribution in [1.29, 1.82) is 0 Å². The van der Waals surface area contributed by atoms with Crippen LogP contribution in [0, 0.1) is 11.2 Å². The molecular weight excluding hydrogens is 416 g/mol.